The maximum atomic E-state index is 10.4. The molecular formula is C10H10BrNO5. The van der Waals surface area contributed by atoms with Gasteiger partial charge in [-0.15, -0.1) is 0 Å². The van der Waals surface area contributed by atoms with Gasteiger partial charge in [0.1, 0.15) is 0 Å². The normalized spacial score (nSPS) is 10.5. The van der Waals surface area contributed by atoms with Gasteiger partial charge in [0.15, 0.2) is 18.1 Å². The van der Waals surface area contributed by atoms with Gasteiger partial charge in [-0.2, -0.15) is 0 Å². The van der Waals surface area contributed by atoms with Crippen LogP contribution in [-0.2, 0) is 4.79 Å². The number of methoxy groups -OCH3 is 1. The van der Waals surface area contributed by atoms with Crippen molar-refractivity contribution in [2.75, 3.05) is 13.7 Å². The number of oxime groups is 1. The molecule has 1 aromatic carbocycles. The quantitative estimate of drug-likeness (QED) is 0.491. The number of hydrogen-bond acceptors (Lipinski definition) is 5. The summed E-state index contributed by atoms with van der Waals surface area (Å²) in [6.07, 6.45) is 1.22. The molecule has 0 spiro atoms. The van der Waals surface area contributed by atoms with E-state index in [9.17, 15) is 4.79 Å². The third-order valence-electron chi connectivity index (χ3n) is 1.80. The van der Waals surface area contributed by atoms with Crippen molar-refractivity contribution in [1.29, 1.82) is 0 Å². The summed E-state index contributed by atoms with van der Waals surface area (Å²) in [5.74, 6) is -0.458. The van der Waals surface area contributed by atoms with Crippen LogP contribution in [0.5, 0.6) is 11.5 Å². The topological polar surface area (TPSA) is 88.4 Å². The molecule has 0 atom stereocenters. The summed E-state index contributed by atoms with van der Waals surface area (Å²) in [7, 11) is 1.43. The zero-order valence-corrected chi connectivity index (χ0v) is 10.5. The third kappa shape index (κ3) is 3.63. The predicted molar refractivity (Wildman–Crippen MR) is 63.2 cm³/mol. The Bertz CT molecular complexity index is 447. The number of ether oxygens (including phenoxy) is 2. The molecule has 0 heterocycles. The van der Waals surface area contributed by atoms with Crippen molar-refractivity contribution in [2.45, 2.75) is 0 Å². The van der Waals surface area contributed by atoms with E-state index in [1.807, 2.05) is 0 Å². The molecule has 0 saturated heterocycles. The summed E-state index contributed by atoms with van der Waals surface area (Å²) in [4.78, 5) is 10.4. The molecule has 0 unspecified atom stereocenters. The maximum absolute atomic E-state index is 10.4. The Kier molecular flexibility index (Phi) is 4.77. The first-order chi connectivity index (χ1) is 8.08. The highest BCUT2D eigenvalue weighted by atomic mass is 79.9. The van der Waals surface area contributed by atoms with Crippen LogP contribution in [0.4, 0.5) is 0 Å². The van der Waals surface area contributed by atoms with Gasteiger partial charge in [0.2, 0.25) is 0 Å². The van der Waals surface area contributed by atoms with Crippen molar-refractivity contribution in [3.05, 3.63) is 22.2 Å². The summed E-state index contributed by atoms with van der Waals surface area (Å²) in [5, 5.41) is 19.8. The molecule has 6 nitrogen and oxygen atoms in total. The molecule has 7 heteroatoms. The van der Waals surface area contributed by atoms with E-state index in [1.54, 1.807) is 12.1 Å². The first kappa shape index (κ1) is 13.3. The first-order valence-electron chi connectivity index (χ1n) is 4.48. The monoisotopic (exact) mass is 303 g/mol. The Morgan fingerprint density at radius 1 is 1.59 bits per heavy atom. The van der Waals surface area contributed by atoms with Gasteiger partial charge in [-0.25, -0.2) is 4.79 Å². The van der Waals surface area contributed by atoms with E-state index in [-0.39, 0.29) is 5.75 Å². The van der Waals surface area contributed by atoms with E-state index in [2.05, 4.69) is 21.1 Å². The van der Waals surface area contributed by atoms with Gasteiger partial charge >= 0.3 is 5.97 Å². The number of benzene rings is 1. The minimum atomic E-state index is -1.08. The fraction of sp³-hybridized carbons (Fsp3) is 0.200. The summed E-state index contributed by atoms with van der Waals surface area (Å²) in [5.41, 5.74) is 0.582. The highest BCUT2D eigenvalue weighted by Gasteiger charge is 2.12. The molecule has 0 fully saturated rings. The lowest BCUT2D eigenvalue weighted by atomic mass is 10.2. The minimum absolute atomic E-state index is 0.282. The largest absolute Gasteiger partial charge is 0.493 e. The Morgan fingerprint density at radius 3 is 2.82 bits per heavy atom. The first-order valence-corrected chi connectivity index (χ1v) is 5.27. The molecule has 0 aliphatic rings. The van der Waals surface area contributed by atoms with Crippen molar-refractivity contribution >= 4 is 28.1 Å². The maximum Gasteiger partial charge on any atom is 0.341 e. The molecule has 0 aromatic heterocycles. The average Bonchev–Trinajstić information content (AvgIpc) is 2.27. The molecule has 1 aromatic rings. The van der Waals surface area contributed by atoms with Crippen LogP contribution in [-0.4, -0.2) is 36.2 Å². The van der Waals surface area contributed by atoms with Crippen molar-refractivity contribution in [3.63, 3.8) is 0 Å². The van der Waals surface area contributed by atoms with Crippen LogP contribution in [0.25, 0.3) is 0 Å². The number of carboxylic acids is 1. The molecule has 17 heavy (non-hydrogen) atoms. The number of aliphatic carboxylic acids is 1. The van der Waals surface area contributed by atoms with Gasteiger partial charge in [0, 0.05) is 5.56 Å². The highest BCUT2D eigenvalue weighted by Crippen LogP contribution is 2.36. The lowest BCUT2D eigenvalue weighted by molar-refractivity contribution is -0.139. The van der Waals surface area contributed by atoms with Crippen LogP contribution < -0.4 is 9.47 Å². The van der Waals surface area contributed by atoms with E-state index in [1.165, 1.54) is 13.3 Å². The molecule has 2 N–H and O–H groups in total. The van der Waals surface area contributed by atoms with E-state index in [4.69, 9.17) is 19.8 Å². The fourth-order valence-electron chi connectivity index (χ4n) is 1.15. The zero-order valence-electron chi connectivity index (χ0n) is 8.88. The summed E-state index contributed by atoms with van der Waals surface area (Å²) in [6, 6.07) is 3.17. The number of nitrogens with zero attached hydrogens (tertiary/aromatic N) is 1. The molecule has 0 aliphatic carbocycles. The van der Waals surface area contributed by atoms with E-state index >= 15 is 0 Å². The predicted octanol–water partition coefficient (Wildman–Crippen LogP) is 1.73. The van der Waals surface area contributed by atoms with Gasteiger partial charge in [0.25, 0.3) is 0 Å². The van der Waals surface area contributed by atoms with Crippen LogP contribution in [0.1, 0.15) is 5.56 Å². The molecule has 1 rings (SSSR count). The van der Waals surface area contributed by atoms with Gasteiger partial charge < -0.3 is 19.8 Å². The SMILES string of the molecule is COc1cc(C=NO)cc(Br)c1OCC(=O)O. The van der Waals surface area contributed by atoms with E-state index < -0.39 is 12.6 Å². The van der Waals surface area contributed by atoms with E-state index in [0.717, 1.165) is 0 Å². The highest BCUT2D eigenvalue weighted by molar-refractivity contribution is 9.10. The molecule has 0 radical (unpaired) electrons. The number of halogens is 1. The van der Waals surface area contributed by atoms with Gasteiger partial charge in [-0.05, 0) is 28.1 Å². The van der Waals surface area contributed by atoms with Crippen LogP contribution >= 0.6 is 15.9 Å². The fourth-order valence-corrected chi connectivity index (χ4v) is 1.73. The lowest BCUT2D eigenvalue weighted by Gasteiger charge is -2.11. The number of rotatable bonds is 5. The second kappa shape index (κ2) is 6.09. The van der Waals surface area contributed by atoms with Gasteiger partial charge in [-0.1, -0.05) is 5.16 Å². The summed E-state index contributed by atoms with van der Waals surface area (Å²) in [6.45, 7) is -0.470. The second-order valence-electron chi connectivity index (χ2n) is 2.96. The summed E-state index contributed by atoms with van der Waals surface area (Å²) < 4.78 is 10.6. The molecule has 0 amide bonds. The molecule has 92 valence electrons. The van der Waals surface area contributed by atoms with Crippen molar-refractivity contribution in [3.8, 4) is 11.5 Å². The van der Waals surface area contributed by atoms with Crippen LogP contribution in [0.2, 0.25) is 0 Å². The van der Waals surface area contributed by atoms with Crippen molar-refractivity contribution in [2.24, 2.45) is 5.16 Å². The molecular weight excluding hydrogens is 294 g/mol. The number of carbonyl (C=O) groups is 1. The van der Waals surface area contributed by atoms with E-state index in [0.29, 0.717) is 15.8 Å². The lowest BCUT2D eigenvalue weighted by Crippen LogP contribution is -2.10. The van der Waals surface area contributed by atoms with Crippen molar-refractivity contribution < 1.29 is 24.6 Å². The Hall–Kier alpha value is -1.76. The Labute approximate surface area is 106 Å². The van der Waals surface area contributed by atoms with Crippen LogP contribution in [0, 0.1) is 0 Å². The van der Waals surface area contributed by atoms with Gasteiger partial charge in [-0.3, -0.25) is 0 Å². The standard InChI is InChI=1S/C10H10BrNO5/c1-16-8-3-6(4-12-15)2-7(11)10(8)17-5-9(13)14/h2-4,15H,5H2,1H3,(H,13,14). The molecule has 0 bridgehead atoms. The molecule has 0 saturated carbocycles. The second-order valence-corrected chi connectivity index (χ2v) is 3.82. The zero-order chi connectivity index (χ0) is 12.8. The van der Waals surface area contributed by atoms with Crippen molar-refractivity contribution in [1.82, 2.24) is 0 Å². The number of hydrogen-bond donors (Lipinski definition) is 2. The van der Waals surface area contributed by atoms with Crippen LogP contribution in [0.15, 0.2) is 21.8 Å². The minimum Gasteiger partial charge on any atom is -0.493 e. The van der Waals surface area contributed by atoms with Gasteiger partial charge in [0.05, 0.1) is 17.8 Å². The number of carboxylic acid groups (broad SMARTS) is 1. The Morgan fingerprint density at radius 2 is 2.29 bits per heavy atom. The molecule has 0 aliphatic heterocycles. The summed E-state index contributed by atoms with van der Waals surface area (Å²) >= 11 is 3.22. The average molecular weight is 304 g/mol. The third-order valence-corrected chi connectivity index (χ3v) is 2.39. The smallest absolute Gasteiger partial charge is 0.341 e. The van der Waals surface area contributed by atoms with Crippen LogP contribution in [0.3, 0.4) is 0 Å². The Balaban J connectivity index is 3.07.